The van der Waals surface area contributed by atoms with E-state index >= 15 is 0 Å². The molecule has 0 amide bonds. The molecule has 0 saturated heterocycles. The van der Waals surface area contributed by atoms with Crippen LogP contribution in [0.2, 0.25) is 0 Å². The van der Waals surface area contributed by atoms with Gasteiger partial charge in [0, 0.05) is 4.90 Å². The van der Waals surface area contributed by atoms with Gasteiger partial charge in [-0.1, -0.05) is 0 Å². The van der Waals surface area contributed by atoms with Crippen molar-refractivity contribution < 1.29 is 9.13 Å². The highest BCUT2D eigenvalue weighted by molar-refractivity contribution is 7.98. The predicted octanol–water partition coefficient (Wildman–Crippen LogP) is 4.28. The third kappa shape index (κ3) is 2.58. The van der Waals surface area contributed by atoms with Crippen LogP contribution in [0.15, 0.2) is 53.7 Å². The van der Waals surface area contributed by atoms with Crippen LogP contribution < -0.4 is 4.74 Å². The standard InChI is InChI=1S/C15H11FN2OS/c1-20-12-5-3-11(4-6-12)19-15-13-8-10(16)2-7-14(13)17-9-18-15/h2-9H,1H3. The maximum atomic E-state index is 13.3. The van der Waals surface area contributed by atoms with Gasteiger partial charge in [0.15, 0.2) is 0 Å². The summed E-state index contributed by atoms with van der Waals surface area (Å²) in [7, 11) is 0. The van der Waals surface area contributed by atoms with Gasteiger partial charge >= 0.3 is 0 Å². The Labute approximate surface area is 119 Å². The lowest BCUT2D eigenvalue weighted by molar-refractivity contribution is 0.467. The summed E-state index contributed by atoms with van der Waals surface area (Å²) in [4.78, 5) is 9.32. The average molecular weight is 286 g/mol. The Morgan fingerprint density at radius 3 is 2.60 bits per heavy atom. The monoisotopic (exact) mass is 286 g/mol. The summed E-state index contributed by atoms with van der Waals surface area (Å²) in [5, 5.41) is 0.557. The number of hydrogen-bond acceptors (Lipinski definition) is 4. The van der Waals surface area contributed by atoms with Crippen molar-refractivity contribution in [3.63, 3.8) is 0 Å². The molecule has 0 fully saturated rings. The fourth-order valence-electron chi connectivity index (χ4n) is 1.84. The quantitative estimate of drug-likeness (QED) is 0.673. The van der Waals surface area contributed by atoms with Crippen molar-refractivity contribution in [2.24, 2.45) is 0 Å². The number of halogens is 1. The molecule has 100 valence electrons. The van der Waals surface area contributed by atoms with Gasteiger partial charge in [0.1, 0.15) is 17.9 Å². The van der Waals surface area contributed by atoms with Gasteiger partial charge in [-0.15, -0.1) is 11.8 Å². The summed E-state index contributed by atoms with van der Waals surface area (Å²) in [6, 6.07) is 12.0. The molecule has 1 heterocycles. The molecule has 0 N–H and O–H groups in total. The molecule has 0 saturated carbocycles. The summed E-state index contributed by atoms with van der Waals surface area (Å²) >= 11 is 1.66. The highest BCUT2D eigenvalue weighted by atomic mass is 32.2. The number of nitrogens with zero attached hydrogens (tertiary/aromatic N) is 2. The van der Waals surface area contributed by atoms with Crippen molar-refractivity contribution >= 4 is 22.7 Å². The van der Waals surface area contributed by atoms with Crippen molar-refractivity contribution in [2.75, 3.05) is 6.26 Å². The van der Waals surface area contributed by atoms with E-state index in [9.17, 15) is 4.39 Å². The maximum Gasteiger partial charge on any atom is 0.230 e. The smallest absolute Gasteiger partial charge is 0.230 e. The van der Waals surface area contributed by atoms with Crippen LogP contribution in [0, 0.1) is 5.82 Å². The maximum absolute atomic E-state index is 13.3. The predicted molar refractivity (Wildman–Crippen MR) is 77.8 cm³/mol. The van der Waals surface area contributed by atoms with E-state index < -0.39 is 0 Å². The number of benzene rings is 2. The lowest BCUT2D eigenvalue weighted by Crippen LogP contribution is -1.92. The second kappa shape index (κ2) is 5.46. The first-order valence-electron chi connectivity index (χ1n) is 5.98. The Bertz CT molecular complexity index is 746. The second-order valence-electron chi connectivity index (χ2n) is 4.12. The summed E-state index contributed by atoms with van der Waals surface area (Å²) in [6.45, 7) is 0. The van der Waals surface area contributed by atoms with Gasteiger partial charge in [-0.2, -0.15) is 0 Å². The molecule has 0 radical (unpaired) electrons. The van der Waals surface area contributed by atoms with Crippen molar-refractivity contribution in [2.45, 2.75) is 4.90 Å². The lowest BCUT2D eigenvalue weighted by atomic mass is 10.2. The fraction of sp³-hybridized carbons (Fsp3) is 0.0667. The van der Waals surface area contributed by atoms with Crippen molar-refractivity contribution in [1.82, 2.24) is 9.97 Å². The number of rotatable bonds is 3. The first kappa shape index (κ1) is 12.9. The summed E-state index contributed by atoms with van der Waals surface area (Å²) in [6.07, 6.45) is 3.42. The summed E-state index contributed by atoms with van der Waals surface area (Å²) in [5.74, 6) is 0.674. The molecular weight excluding hydrogens is 275 g/mol. The molecule has 3 nitrogen and oxygen atoms in total. The number of hydrogen-bond donors (Lipinski definition) is 0. The van der Waals surface area contributed by atoms with Crippen LogP contribution in [-0.2, 0) is 0 Å². The van der Waals surface area contributed by atoms with Crippen LogP contribution in [0.4, 0.5) is 4.39 Å². The molecule has 0 unspecified atom stereocenters. The second-order valence-corrected chi connectivity index (χ2v) is 5.00. The molecule has 1 aromatic heterocycles. The Hall–Kier alpha value is -2.14. The third-order valence-corrected chi connectivity index (χ3v) is 3.58. The van der Waals surface area contributed by atoms with Crippen LogP contribution in [0.5, 0.6) is 11.6 Å². The van der Waals surface area contributed by atoms with Gasteiger partial charge in [0.2, 0.25) is 5.88 Å². The van der Waals surface area contributed by atoms with E-state index in [1.54, 1.807) is 17.8 Å². The van der Waals surface area contributed by atoms with Crippen molar-refractivity contribution in [1.29, 1.82) is 0 Å². The highest BCUT2D eigenvalue weighted by Gasteiger charge is 2.07. The first-order chi connectivity index (χ1) is 9.76. The van der Waals surface area contributed by atoms with Gasteiger partial charge in [-0.25, -0.2) is 14.4 Å². The Balaban J connectivity index is 1.99. The lowest BCUT2D eigenvalue weighted by Gasteiger charge is -2.07. The zero-order valence-electron chi connectivity index (χ0n) is 10.7. The van der Waals surface area contributed by atoms with E-state index in [1.807, 2.05) is 30.5 Å². The number of fused-ring (bicyclic) bond motifs is 1. The van der Waals surface area contributed by atoms with Gasteiger partial charge in [-0.05, 0) is 48.7 Å². The van der Waals surface area contributed by atoms with E-state index in [0.717, 1.165) is 4.90 Å². The van der Waals surface area contributed by atoms with Crippen LogP contribution >= 0.6 is 11.8 Å². The van der Waals surface area contributed by atoms with E-state index in [1.165, 1.54) is 18.5 Å². The first-order valence-corrected chi connectivity index (χ1v) is 7.21. The van der Waals surface area contributed by atoms with Crippen molar-refractivity contribution in [3.8, 4) is 11.6 Å². The molecule has 0 aliphatic carbocycles. The molecule has 0 aliphatic heterocycles. The zero-order chi connectivity index (χ0) is 13.9. The molecule has 0 spiro atoms. The minimum Gasteiger partial charge on any atom is -0.438 e. The van der Waals surface area contributed by atoms with Crippen LogP contribution in [0.3, 0.4) is 0 Å². The van der Waals surface area contributed by atoms with Crippen LogP contribution in [0.25, 0.3) is 10.9 Å². The number of aromatic nitrogens is 2. The average Bonchev–Trinajstić information content (AvgIpc) is 2.49. The minimum absolute atomic E-state index is 0.338. The Morgan fingerprint density at radius 2 is 1.85 bits per heavy atom. The van der Waals surface area contributed by atoms with Gasteiger partial charge in [0.05, 0.1) is 10.9 Å². The molecule has 3 rings (SSSR count). The third-order valence-electron chi connectivity index (χ3n) is 2.83. The minimum atomic E-state index is -0.338. The Morgan fingerprint density at radius 1 is 1.05 bits per heavy atom. The molecule has 5 heteroatoms. The van der Waals surface area contributed by atoms with Gasteiger partial charge in [-0.3, -0.25) is 0 Å². The molecule has 20 heavy (non-hydrogen) atoms. The van der Waals surface area contributed by atoms with Gasteiger partial charge < -0.3 is 4.74 Å². The molecular formula is C15H11FN2OS. The highest BCUT2D eigenvalue weighted by Crippen LogP contribution is 2.28. The number of ether oxygens (including phenoxy) is 1. The normalized spacial score (nSPS) is 10.7. The fourth-order valence-corrected chi connectivity index (χ4v) is 2.25. The molecule has 3 aromatic rings. The largest absolute Gasteiger partial charge is 0.438 e. The molecule has 0 atom stereocenters. The summed E-state index contributed by atoms with van der Waals surface area (Å²) < 4.78 is 19.1. The number of thioether (sulfide) groups is 1. The molecule has 0 bridgehead atoms. The topological polar surface area (TPSA) is 35.0 Å². The molecule has 2 aromatic carbocycles. The van der Waals surface area contributed by atoms with E-state index in [2.05, 4.69) is 9.97 Å². The van der Waals surface area contributed by atoms with E-state index in [0.29, 0.717) is 22.5 Å². The van der Waals surface area contributed by atoms with E-state index in [-0.39, 0.29) is 5.82 Å². The van der Waals surface area contributed by atoms with Crippen LogP contribution in [0.1, 0.15) is 0 Å². The Kier molecular flexibility index (Phi) is 3.52. The zero-order valence-corrected chi connectivity index (χ0v) is 11.5. The SMILES string of the molecule is CSc1ccc(Oc2ncnc3ccc(F)cc23)cc1. The molecule has 0 aliphatic rings. The van der Waals surface area contributed by atoms with E-state index in [4.69, 9.17) is 4.74 Å². The summed E-state index contributed by atoms with van der Waals surface area (Å²) in [5.41, 5.74) is 0.650. The van der Waals surface area contributed by atoms with Crippen molar-refractivity contribution in [3.05, 3.63) is 54.6 Å². The van der Waals surface area contributed by atoms with Crippen LogP contribution in [-0.4, -0.2) is 16.2 Å². The van der Waals surface area contributed by atoms with Gasteiger partial charge in [0.25, 0.3) is 0 Å².